The second kappa shape index (κ2) is 12.8. The standard InChI is InChI=1S/C34H37Cl2N5O2/c1-22-12-15-26(16-13-22)41-30(19-29(39-41)34(2,3)4)38-33(43)37-20-25-9-6-5-8-24(25)18-23-14-17-31(42)40(21-23)32-27(35)10-7-11-28(32)36/h5-13,15-16,19,23H,14,17-18,20-21H2,1-4H3,(H2,37,38,43). The zero-order valence-electron chi connectivity index (χ0n) is 25.0. The molecule has 2 N–H and O–H groups in total. The Kier molecular flexibility index (Phi) is 9.13. The number of carbonyl (C=O) groups excluding carboxylic acids is 2. The minimum atomic E-state index is -0.314. The van der Waals surface area contributed by atoms with Crippen LogP contribution in [0.25, 0.3) is 5.69 Å². The van der Waals surface area contributed by atoms with E-state index in [-0.39, 0.29) is 23.3 Å². The van der Waals surface area contributed by atoms with E-state index in [4.69, 9.17) is 28.3 Å². The highest BCUT2D eigenvalue weighted by molar-refractivity contribution is 6.39. The van der Waals surface area contributed by atoms with E-state index in [1.54, 1.807) is 27.8 Å². The van der Waals surface area contributed by atoms with Crippen LogP contribution in [0.2, 0.25) is 10.0 Å². The number of amides is 3. The molecule has 0 bridgehead atoms. The number of aryl methyl sites for hydroxylation is 1. The van der Waals surface area contributed by atoms with Gasteiger partial charge in [0.2, 0.25) is 5.91 Å². The van der Waals surface area contributed by atoms with Gasteiger partial charge in [-0.05, 0) is 61.1 Å². The lowest BCUT2D eigenvalue weighted by Gasteiger charge is -2.34. The maximum Gasteiger partial charge on any atom is 0.320 e. The largest absolute Gasteiger partial charge is 0.334 e. The van der Waals surface area contributed by atoms with Crippen LogP contribution < -0.4 is 15.5 Å². The lowest BCUT2D eigenvalue weighted by atomic mass is 9.89. The summed E-state index contributed by atoms with van der Waals surface area (Å²) in [6, 6.07) is 23.0. The number of carbonyl (C=O) groups is 2. The number of nitrogens with one attached hydrogen (secondary N) is 2. The number of hydrogen-bond donors (Lipinski definition) is 2. The molecule has 1 aliphatic heterocycles. The van der Waals surface area contributed by atoms with E-state index in [1.807, 2.05) is 55.5 Å². The molecule has 2 heterocycles. The van der Waals surface area contributed by atoms with E-state index in [0.717, 1.165) is 40.9 Å². The van der Waals surface area contributed by atoms with Crippen LogP contribution in [0.15, 0.2) is 72.8 Å². The number of rotatable bonds is 7. The van der Waals surface area contributed by atoms with Gasteiger partial charge in [-0.3, -0.25) is 10.1 Å². The average molecular weight is 619 g/mol. The average Bonchev–Trinajstić information content (AvgIpc) is 3.39. The first-order chi connectivity index (χ1) is 20.5. The van der Waals surface area contributed by atoms with E-state index in [1.165, 1.54) is 0 Å². The molecule has 9 heteroatoms. The van der Waals surface area contributed by atoms with Gasteiger partial charge >= 0.3 is 6.03 Å². The Hall–Kier alpha value is -3.81. The van der Waals surface area contributed by atoms with Gasteiger partial charge in [-0.1, -0.05) is 92.0 Å². The molecule has 0 saturated carbocycles. The summed E-state index contributed by atoms with van der Waals surface area (Å²) in [6.45, 7) is 9.22. The molecule has 3 aromatic carbocycles. The van der Waals surface area contributed by atoms with Crippen LogP contribution in [-0.2, 0) is 23.2 Å². The first kappa shape index (κ1) is 30.6. The first-order valence-electron chi connectivity index (χ1n) is 14.5. The molecule has 1 unspecified atom stereocenters. The summed E-state index contributed by atoms with van der Waals surface area (Å²) in [5, 5.41) is 11.8. The molecule has 4 aromatic rings. The van der Waals surface area contributed by atoms with Crippen molar-refractivity contribution >= 4 is 46.6 Å². The van der Waals surface area contributed by atoms with Gasteiger partial charge in [-0.2, -0.15) is 5.10 Å². The molecule has 1 atom stereocenters. The number of hydrogen-bond acceptors (Lipinski definition) is 3. The number of benzene rings is 3. The van der Waals surface area contributed by atoms with Crippen LogP contribution in [0.5, 0.6) is 0 Å². The molecule has 0 spiro atoms. The topological polar surface area (TPSA) is 79.3 Å². The normalized spacial score (nSPS) is 15.4. The fourth-order valence-electron chi connectivity index (χ4n) is 5.34. The van der Waals surface area contributed by atoms with Gasteiger partial charge in [0.1, 0.15) is 5.82 Å². The van der Waals surface area contributed by atoms with Crippen LogP contribution in [0.4, 0.5) is 16.3 Å². The van der Waals surface area contributed by atoms with Gasteiger partial charge in [0.15, 0.2) is 0 Å². The third kappa shape index (κ3) is 7.23. The van der Waals surface area contributed by atoms with Crippen LogP contribution in [-0.4, -0.2) is 28.3 Å². The SMILES string of the molecule is Cc1ccc(-n2nc(C(C)(C)C)cc2NC(=O)NCc2ccccc2CC2CCC(=O)N(c3c(Cl)cccc3Cl)C2)cc1. The number of nitrogens with zero attached hydrogens (tertiary/aromatic N) is 3. The maximum absolute atomic E-state index is 13.2. The predicted octanol–water partition coefficient (Wildman–Crippen LogP) is 8.09. The highest BCUT2D eigenvalue weighted by Gasteiger charge is 2.30. The Labute approximate surface area is 263 Å². The van der Waals surface area contributed by atoms with Crippen molar-refractivity contribution < 1.29 is 9.59 Å². The minimum absolute atomic E-state index is 0.0253. The molecular weight excluding hydrogens is 581 g/mol. The van der Waals surface area contributed by atoms with Crippen molar-refractivity contribution in [3.63, 3.8) is 0 Å². The summed E-state index contributed by atoms with van der Waals surface area (Å²) >= 11 is 12.9. The Morgan fingerprint density at radius 3 is 2.33 bits per heavy atom. The molecule has 1 aromatic heterocycles. The molecule has 224 valence electrons. The summed E-state index contributed by atoms with van der Waals surface area (Å²) in [7, 11) is 0. The zero-order chi connectivity index (χ0) is 30.7. The second-order valence-corrected chi connectivity index (χ2v) is 13.0. The molecule has 1 fully saturated rings. The Morgan fingerprint density at radius 2 is 1.65 bits per heavy atom. The second-order valence-electron chi connectivity index (χ2n) is 12.2. The van der Waals surface area contributed by atoms with Crippen molar-refractivity contribution in [3.8, 4) is 5.69 Å². The fourth-order valence-corrected chi connectivity index (χ4v) is 5.94. The highest BCUT2D eigenvalue weighted by Crippen LogP contribution is 2.37. The third-order valence-corrected chi connectivity index (χ3v) is 8.39. The van der Waals surface area contributed by atoms with Crippen LogP contribution in [0.1, 0.15) is 56.0 Å². The summed E-state index contributed by atoms with van der Waals surface area (Å²) in [4.78, 5) is 27.7. The number of piperidine rings is 1. The van der Waals surface area contributed by atoms with Gasteiger partial charge in [-0.25, -0.2) is 9.48 Å². The number of para-hydroxylation sites is 1. The summed E-state index contributed by atoms with van der Waals surface area (Å²) < 4.78 is 1.77. The Bertz CT molecular complexity index is 1600. The first-order valence-corrected chi connectivity index (χ1v) is 15.3. The summed E-state index contributed by atoms with van der Waals surface area (Å²) in [5.41, 5.74) is 5.46. The monoisotopic (exact) mass is 617 g/mol. The van der Waals surface area contributed by atoms with E-state index >= 15 is 0 Å². The van der Waals surface area contributed by atoms with Crippen molar-refractivity contribution in [2.24, 2.45) is 5.92 Å². The van der Waals surface area contributed by atoms with Crippen molar-refractivity contribution in [2.75, 3.05) is 16.8 Å². The summed E-state index contributed by atoms with van der Waals surface area (Å²) in [5.74, 6) is 0.849. The summed E-state index contributed by atoms with van der Waals surface area (Å²) in [6.07, 6.45) is 1.97. The molecule has 0 aliphatic carbocycles. The van der Waals surface area contributed by atoms with Gasteiger partial charge < -0.3 is 10.2 Å². The quantitative estimate of drug-likeness (QED) is 0.220. The highest BCUT2D eigenvalue weighted by atomic mass is 35.5. The lowest BCUT2D eigenvalue weighted by Crippen LogP contribution is -2.41. The minimum Gasteiger partial charge on any atom is -0.334 e. The van der Waals surface area contributed by atoms with Gasteiger partial charge in [0.05, 0.1) is 27.1 Å². The van der Waals surface area contributed by atoms with E-state index in [9.17, 15) is 9.59 Å². The smallest absolute Gasteiger partial charge is 0.320 e. The molecule has 1 aliphatic rings. The van der Waals surface area contributed by atoms with Crippen molar-refractivity contribution in [1.82, 2.24) is 15.1 Å². The molecule has 0 radical (unpaired) electrons. The Morgan fingerprint density at radius 1 is 0.977 bits per heavy atom. The molecular formula is C34H37Cl2N5O2. The number of aromatic nitrogens is 2. The fraction of sp³-hybridized carbons (Fsp3) is 0.324. The van der Waals surface area contributed by atoms with Gasteiger partial charge in [-0.15, -0.1) is 0 Å². The number of anilines is 2. The van der Waals surface area contributed by atoms with Gasteiger partial charge in [0, 0.05) is 31.0 Å². The van der Waals surface area contributed by atoms with Crippen LogP contribution >= 0.6 is 23.2 Å². The Balaban J connectivity index is 1.27. The number of halogens is 2. The van der Waals surface area contributed by atoms with E-state index in [2.05, 4.69) is 37.5 Å². The predicted molar refractivity (Wildman–Crippen MR) is 175 cm³/mol. The molecule has 3 amide bonds. The number of urea groups is 1. The molecule has 1 saturated heterocycles. The van der Waals surface area contributed by atoms with E-state index in [0.29, 0.717) is 41.1 Å². The van der Waals surface area contributed by atoms with Crippen molar-refractivity contribution in [2.45, 2.75) is 58.9 Å². The molecule has 7 nitrogen and oxygen atoms in total. The third-order valence-electron chi connectivity index (χ3n) is 7.78. The van der Waals surface area contributed by atoms with Crippen molar-refractivity contribution in [3.05, 3.63) is 105 Å². The lowest BCUT2D eigenvalue weighted by molar-refractivity contribution is -0.120. The van der Waals surface area contributed by atoms with E-state index < -0.39 is 0 Å². The molecule has 43 heavy (non-hydrogen) atoms. The van der Waals surface area contributed by atoms with Gasteiger partial charge in [0.25, 0.3) is 0 Å². The van der Waals surface area contributed by atoms with Crippen molar-refractivity contribution in [1.29, 1.82) is 0 Å². The maximum atomic E-state index is 13.2. The molecule has 5 rings (SSSR count). The van der Waals surface area contributed by atoms with Crippen LogP contribution in [0.3, 0.4) is 0 Å². The zero-order valence-corrected chi connectivity index (χ0v) is 26.5. The van der Waals surface area contributed by atoms with Crippen LogP contribution in [0, 0.1) is 12.8 Å².